The SMILES string of the molecule is [2H]c1c([2H])c([2H])c(N(c2ccc3c(c2)C2(c4ccccc4-3)c3ccccc3-c3cc4c(cc32)N(c2ccccc2)c2cc(C)cc3c2B4c2ccccc2N3c2ccccc2)c2c([2H])c([2H])c([2H])c([2H])c2[2H])c([2H])c1[2H]. The van der Waals surface area contributed by atoms with Crippen LogP contribution in [-0.2, 0) is 5.41 Å². The summed E-state index contributed by atoms with van der Waals surface area (Å²) in [7, 11) is 0. The summed E-state index contributed by atoms with van der Waals surface area (Å²) in [6.45, 7) is 1.99. The smallest absolute Gasteiger partial charge is 0.252 e. The molecule has 10 aromatic rings. The van der Waals surface area contributed by atoms with Crippen molar-refractivity contribution < 1.29 is 13.7 Å². The Balaban J connectivity index is 1.09. The Kier molecular flexibility index (Phi) is 6.07. The molecule has 66 heavy (non-hydrogen) atoms. The first kappa shape index (κ1) is 28.5. The topological polar surface area (TPSA) is 9.72 Å². The Hall–Kier alpha value is -8.34. The maximum atomic E-state index is 9.29. The second-order valence-electron chi connectivity index (χ2n) is 17.4. The van der Waals surface area contributed by atoms with Crippen LogP contribution in [0.25, 0.3) is 22.3 Å². The number of anilines is 9. The summed E-state index contributed by atoms with van der Waals surface area (Å²) in [6, 6.07) is 55.5. The third kappa shape index (κ3) is 5.04. The standard InChI is InChI=1S/C62H42BN3/c1-41-36-59-61-60(37-41)66(45-26-12-5-13-27-45)58-40-54-50(39-56(58)63(61)55-32-18-19-33-57(55)65(59)44-24-10-4-11-25-44)48-29-15-17-31-52(48)62(54)51-30-16-14-28-47(51)49-35-34-46(38-53(49)62)64(42-20-6-2-7-21-42)43-22-8-3-9-23-43/h2-40H,1H3/i2D,3D,6D,7D,8D,9D,20D,21D,22D,23D. The molecule has 1 unspecified atom stereocenters. The Morgan fingerprint density at radius 1 is 0.409 bits per heavy atom. The van der Waals surface area contributed by atoms with Crippen LogP contribution in [0.15, 0.2) is 236 Å². The first-order valence-corrected chi connectivity index (χ1v) is 22.2. The number of rotatable bonds is 5. The second-order valence-corrected chi connectivity index (χ2v) is 17.4. The van der Waals surface area contributed by atoms with Crippen molar-refractivity contribution in [2.75, 3.05) is 14.7 Å². The Labute approximate surface area is 400 Å². The molecule has 1 atom stereocenters. The normalized spacial score (nSPS) is 17.4. The molecular formula is C62H42BN3. The molecule has 4 aliphatic rings. The molecule has 2 aliphatic heterocycles. The van der Waals surface area contributed by atoms with E-state index in [1.165, 1.54) is 15.8 Å². The number of para-hydroxylation sites is 5. The molecule has 0 N–H and O–H groups in total. The molecule has 1 spiro atoms. The zero-order valence-electron chi connectivity index (χ0n) is 45.7. The predicted octanol–water partition coefficient (Wildman–Crippen LogP) is 13.9. The first-order chi connectivity index (χ1) is 36.8. The number of aryl methyl sites for hydroxylation is 1. The van der Waals surface area contributed by atoms with Gasteiger partial charge in [-0.2, -0.15) is 0 Å². The van der Waals surface area contributed by atoms with Gasteiger partial charge in [-0.25, -0.2) is 0 Å². The summed E-state index contributed by atoms with van der Waals surface area (Å²) in [5.74, 6) is 0. The lowest BCUT2D eigenvalue weighted by atomic mass is 9.33. The molecule has 3 nitrogen and oxygen atoms in total. The number of fused-ring (bicyclic) bond motifs is 14. The maximum absolute atomic E-state index is 9.29. The molecule has 2 aliphatic carbocycles. The number of nitrogens with zero attached hydrogens (tertiary/aromatic N) is 3. The lowest BCUT2D eigenvalue weighted by Crippen LogP contribution is -2.61. The molecule has 2 heterocycles. The highest BCUT2D eigenvalue weighted by Crippen LogP contribution is 2.64. The van der Waals surface area contributed by atoms with Gasteiger partial charge in [0, 0.05) is 51.2 Å². The zero-order chi connectivity index (χ0) is 52.2. The largest absolute Gasteiger partial charge is 0.311 e. The van der Waals surface area contributed by atoms with Crippen LogP contribution in [-0.4, -0.2) is 6.71 Å². The molecular weight excluding hydrogens is 798 g/mol. The van der Waals surface area contributed by atoms with Gasteiger partial charge in [0.05, 0.1) is 19.1 Å². The minimum absolute atomic E-state index is 0.164. The van der Waals surface area contributed by atoms with Gasteiger partial charge in [-0.1, -0.05) is 152 Å². The predicted molar refractivity (Wildman–Crippen MR) is 276 cm³/mol. The molecule has 14 rings (SSSR count). The highest BCUT2D eigenvalue weighted by molar-refractivity contribution is 7.00. The van der Waals surface area contributed by atoms with E-state index < -0.39 is 65.8 Å². The lowest BCUT2D eigenvalue weighted by molar-refractivity contribution is 0.793. The number of hydrogen-bond donors (Lipinski definition) is 0. The number of hydrogen-bond acceptors (Lipinski definition) is 3. The Morgan fingerprint density at radius 3 is 1.56 bits per heavy atom. The van der Waals surface area contributed by atoms with Gasteiger partial charge < -0.3 is 14.7 Å². The summed E-state index contributed by atoms with van der Waals surface area (Å²) in [6.07, 6.45) is 0. The van der Waals surface area contributed by atoms with Gasteiger partial charge in [0.15, 0.2) is 0 Å². The average Bonchev–Trinajstić information content (AvgIpc) is 4.12. The van der Waals surface area contributed by atoms with Gasteiger partial charge in [-0.05, 0) is 158 Å². The van der Waals surface area contributed by atoms with Crippen LogP contribution in [0.1, 0.15) is 41.5 Å². The number of benzene rings is 10. The molecule has 0 bridgehead atoms. The molecule has 0 aromatic heterocycles. The summed E-state index contributed by atoms with van der Waals surface area (Å²) in [5, 5.41) is 0. The van der Waals surface area contributed by atoms with Crippen molar-refractivity contribution in [3.8, 4) is 22.3 Å². The van der Waals surface area contributed by atoms with E-state index in [2.05, 4.69) is 150 Å². The minimum atomic E-state index is -1.01. The third-order valence-corrected chi connectivity index (χ3v) is 14.0. The first-order valence-electron chi connectivity index (χ1n) is 27.2. The van der Waals surface area contributed by atoms with Crippen LogP contribution < -0.4 is 31.1 Å². The van der Waals surface area contributed by atoms with Crippen LogP contribution in [0, 0.1) is 6.92 Å². The van der Waals surface area contributed by atoms with E-state index >= 15 is 0 Å². The van der Waals surface area contributed by atoms with Crippen molar-refractivity contribution in [2.24, 2.45) is 0 Å². The second kappa shape index (κ2) is 14.1. The van der Waals surface area contributed by atoms with Crippen LogP contribution >= 0.6 is 0 Å². The van der Waals surface area contributed by atoms with E-state index in [-0.39, 0.29) is 23.8 Å². The van der Waals surface area contributed by atoms with E-state index in [0.29, 0.717) is 0 Å². The van der Waals surface area contributed by atoms with Gasteiger partial charge in [0.1, 0.15) is 0 Å². The summed E-state index contributed by atoms with van der Waals surface area (Å²) in [5.41, 5.74) is 17.4. The molecule has 0 saturated carbocycles. The van der Waals surface area contributed by atoms with Crippen LogP contribution in [0.2, 0.25) is 0 Å². The Morgan fingerprint density at radius 2 is 0.924 bits per heavy atom. The molecule has 0 fully saturated rings. The fourth-order valence-corrected chi connectivity index (χ4v) is 11.6. The van der Waals surface area contributed by atoms with Crippen molar-refractivity contribution >= 4 is 74.3 Å². The van der Waals surface area contributed by atoms with E-state index in [1.54, 1.807) is 6.07 Å². The highest BCUT2D eigenvalue weighted by atomic mass is 15.2. The van der Waals surface area contributed by atoms with Crippen molar-refractivity contribution in [1.29, 1.82) is 0 Å². The van der Waals surface area contributed by atoms with E-state index in [0.717, 1.165) is 89.7 Å². The summed E-state index contributed by atoms with van der Waals surface area (Å²) < 4.78 is 89.3. The summed E-state index contributed by atoms with van der Waals surface area (Å²) in [4.78, 5) is 6.06. The van der Waals surface area contributed by atoms with Gasteiger partial charge in [0.2, 0.25) is 0 Å². The molecule has 10 aromatic carbocycles. The quantitative estimate of drug-likeness (QED) is 0.160. The molecule has 0 saturated heterocycles. The van der Waals surface area contributed by atoms with Crippen molar-refractivity contribution in [2.45, 2.75) is 12.3 Å². The van der Waals surface area contributed by atoms with E-state index in [1.807, 2.05) is 36.4 Å². The summed E-state index contributed by atoms with van der Waals surface area (Å²) >= 11 is 0. The third-order valence-electron chi connectivity index (χ3n) is 14.0. The van der Waals surface area contributed by atoms with Gasteiger partial charge >= 0.3 is 0 Å². The average molecular weight is 850 g/mol. The molecule has 0 radical (unpaired) electrons. The van der Waals surface area contributed by atoms with Gasteiger partial charge in [0.25, 0.3) is 6.71 Å². The maximum Gasteiger partial charge on any atom is 0.252 e. The van der Waals surface area contributed by atoms with Gasteiger partial charge in [-0.15, -0.1) is 0 Å². The fourth-order valence-electron chi connectivity index (χ4n) is 11.6. The fraction of sp³-hybridized carbons (Fsp3) is 0.0323. The molecule has 0 amide bonds. The molecule has 4 heteroatoms. The monoisotopic (exact) mass is 849 g/mol. The van der Waals surface area contributed by atoms with E-state index in [4.69, 9.17) is 8.22 Å². The van der Waals surface area contributed by atoms with Crippen LogP contribution in [0.5, 0.6) is 0 Å². The van der Waals surface area contributed by atoms with Crippen LogP contribution in [0.4, 0.5) is 51.2 Å². The molecule has 308 valence electrons. The van der Waals surface area contributed by atoms with E-state index in [9.17, 15) is 5.48 Å². The Bertz CT molecular complexity index is 4060. The van der Waals surface area contributed by atoms with Crippen molar-refractivity contribution in [3.63, 3.8) is 0 Å². The zero-order valence-corrected chi connectivity index (χ0v) is 35.7. The van der Waals surface area contributed by atoms with Crippen molar-refractivity contribution in [1.82, 2.24) is 0 Å². The van der Waals surface area contributed by atoms with Crippen molar-refractivity contribution in [3.05, 3.63) is 264 Å². The van der Waals surface area contributed by atoms with Crippen LogP contribution in [0.3, 0.4) is 0 Å². The lowest BCUT2D eigenvalue weighted by Gasteiger charge is -2.45. The minimum Gasteiger partial charge on any atom is -0.311 e. The highest BCUT2D eigenvalue weighted by Gasteiger charge is 2.53. The van der Waals surface area contributed by atoms with Gasteiger partial charge in [-0.3, -0.25) is 0 Å².